The number of methoxy groups -OCH3 is 1. The Kier molecular flexibility index (Phi) is 4.58. The molecule has 1 aromatic heterocycles. The minimum Gasteiger partial charge on any atom is -0.493 e. The first-order valence-electron chi connectivity index (χ1n) is 6.62. The lowest BCUT2D eigenvalue weighted by Crippen LogP contribution is -2.17. The van der Waals surface area contributed by atoms with Crippen molar-refractivity contribution in [1.29, 1.82) is 0 Å². The van der Waals surface area contributed by atoms with Crippen molar-refractivity contribution in [3.8, 4) is 17.4 Å². The number of aromatic nitrogens is 1. The highest BCUT2D eigenvalue weighted by molar-refractivity contribution is 5.43. The quantitative estimate of drug-likeness (QED) is 0.908. The van der Waals surface area contributed by atoms with Gasteiger partial charge in [0.2, 0.25) is 5.88 Å². The monoisotopic (exact) mass is 272 g/mol. The average molecular weight is 272 g/mol. The summed E-state index contributed by atoms with van der Waals surface area (Å²) in [6, 6.07) is 9.69. The van der Waals surface area contributed by atoms with Crippen LogP contribution in [0.25, 0.3) is 0 Å². The van der Waals surface area contributed by atoms with Crippen LogP contribution in [0, 0.1) is 6.92 Å². The van der Waals surface area contributed by atoms with Gasteiger partial charge in [-0.15, -0.1) is 0 Å². The molecule has 2 aromatic rings. The van der Waals surface area contributed by atoms with E-state index in [9.17, 15) is 0 Å². The maximum absolute atomic E-state index is 5.82. The molecular formula is C16H20N2O2. The summed E-state index contributed by atoms with van der Waals surface area (Å²) in [6.07, 6.45) is 2.61. The summed E-state index contributed by atoms with van der Waals surface area (Å²) in [7, 11) is 1.62. The van der Waals surface area contributed by atoms with Crippen molar-refractivity contribution in [1.82, 2.24) is 4.98 Å². The largest absolute Gasteiger partial charge is 0.493 e. The average Bonchev–Trinajstić information content (AvgIpc) is 2.42. The molecule has 0 radical (unpaired) electrons. The predicted octanol–water partition coefficient (Wildman–Crippen LogP) is 3.08. The smallest absolute Gasteiger partial charge is 0.222 e. The van der Waals surface area contributed by atoms with Gasteiger partial charge in [0.1, 0.15) is 0 Å². The second-order valence-electron chi connectivity index (χ2n) is 4.90. The summed E-state index contributed by atoms with van der Waals surface area (Å²) in [5.41, 5.74) is 7.89. The second-order valence-corrected chi connectivity index (χ2v) is 4.90. The van der Waals surface area contributed by atoms with E-state index in [1.807, 2.05) is 38.1 Å². The van der Waals surface area contributed by atoms with Crippen molar-refractivity contribution in [2.75, 3.05) is 7.11 Å². The summed E-state index contributed by atoms with van der Waals surface area (Å²) in [4.78, 5) is 4.37. The van der Waals surface area contributed by atoms with Crippen molar-refractivity contribution >= 4 is 0 Å². The maximum Gasteiger partial charge on any atom is 0.222 e. The lowest BCUT2D eigenvalue weighted by Gasteiger charge is -2.12. The Labute approximate surface area is 119 Å². The Morgan fingerprint density at radius 2 is 1.95 bits per heavy atom. The Hall–Kier alpha value is -2.07. The Bertz CT molecular complexity index is 582. The normalized spacial score (nSPS) is 12.0. The minimum absolute atomic E-state index is 0.122. The van der Waals surface area contributed by atoms with E-state index in [2.05, 4.69) is 11.1 Å². The van der Waals surface area contributed by atoms with Crippen LogP contribution in [0.3, 0.4) is 0 Å². The van der Waals surface area contributed by atoms with E-state index < -0.39 is 0 Å². The highest BCUT2D eigenvalue weighted by Gasteiger charge is 2.09. The van der Waals surface area contributed by atoms with Crippen molar-refractivity contribution in [2.24, 2.45) is 5.73 Å². The number of benzene rings is 1. The van der Waals surface area contributed by atoms with Crippen LogP contribution in [0.15, 0.2) is 36.5 Å². The molecule has 1 unspecified atom stereocenters. The van der Waals surface area contributed by atoms with Gasteiger partial charge < -0.3 is 15.2 Å². The van der Waals surface area contributed by atoms with E-state index in [0.717, 1.165) is 17.5 Å². The van der Waals surface area contributed by atoms with Crippen molar-refractivity contribution in [3.63, 3.8) is 0 Å². The summed E-state index contributed by atoms with van der Waals surface area (Å²) >= 11 is 0. The van der Waals surface area contributed by atoms with E-state index in [1.165, 1.54) is 0 Å². The zero-order chi connectivity index (χ0) is 14.5. The number of hydrogen-bond donors (Lipinski definition) is 1. The molecule has 2 rings (SSSR count). The van der Waals surface area contributed by atoms with E-state index in [-0.39, 0.29) is 6.04 Å². The van der Waals surface area contributed by atoms with Gasteiger partial charge in [0.15, 0.2) is 11.5 Å². The van der Waals surface area contributed by atoms with Crippen LogP contribution in [-0.4, -0.2) is 18.1 Å². The molecule has 0 aliphatic carbocycles. The van der Waals surface area contributed by atoms with Gasteiger partial charge in [-0.05, 0) is 44.0 Å². The molecular weight excluding hydrogens is 252 g/mol. The first kappa shape index (κ1) is 14.3. The lowest BCUT2D eigenvalue weighted by atomic mass is 10.1. The van der Waals surface area contributed by atoms with Crippen LogP contribution in [0.1, 0.15) is 18.1 Å². The molecule has 4 heteroatoms. The SMILES string of the molecule is COc1ccccc1Oc1ncc(CC(C)N)cc1C. The van der Waals surface area contributed by atoms with Gasteiger partial charge in [-0.1, -0.05) is 12.1 Å². The van der Waals surface area contributed by atoms with E-state index in [1.54, 1.807) is 13.3 Å². The maximum atomic E-state index is 5.82. The highest BCUT2D eigenvalue weighted by Crippen LogP contribution is 2.31. The zero-order valence-corrected chi connectivity index (χ0v) is 12.1. The molecule has 0 aliphatic rings. The van der Waals surface area contributed by atoms with Crippen LogP contribution in [0.2, 0.25) is 0 Å². The number of hydrogen-bond acceptors (Lipinski definition) is 4. The van der Waals surface area contributed by atoms with Crippen molar-refractivity contribution < 1.29 is 9.47 Å². The molecule has 0 aliphatic heterocycles. The number of pyridine rings is 1. The van der Waals surface area contributed by atoms with Crippen LogP contribution < -0.4 is 15.2 Å². The molecule has 4 nitrogen and oxygen atoms in total. The third kappa shape index (κ3) is 3.48. The van der Waals surface area contributed by atoms with E-state index in [4.69, 9.17) is 15.2 Å². The summed E-state index contributed by atoms with van der Waals surface area (Å²) in [5.74, 6) is 1.93. The molecule has 1 heterocycles. The number of ether oxygens (including phenoxy) is 2. The van der Waals surface area contributed by atoms with Gasteiger partial charge >= 0.3 is 0 Å². The third-order valence-corrected chi connectivity index (χ3v) is 2.92. The Morgan fingerprint density at radius 1 is 1.25 bits per heavy atom. The summed E-state index contributed by atoms with van der Waals surface area (Å²) in [5, 5.41) is 0. The molecule has 1 atom stereocenters. The molecule has 0 fully saturated rings. The summed E-state index contributed by atoms with van der Waals surface area (Å²) in [6.45, 7) is 3.96. The van der Waals surface area contributed by atoms with Gasteiger partial charge in [0.05, 0.1) is 7.11 Å². The second kappa shape index (κ2) is 6.39. The molecule has 0 saturated carbocycles. The third-order valence-electron chi connectivity index (χ3n) is 2.92. The van der Waals surface area contributed by atoms with Crippen LogP contribution in [0.4, 0.5) is 0 Å². The topological polar surface area (TPSA) is 57.4 Å². The number of para-hydroxylation sites is 2. The minimum atomic E-state index is 0.122. The van der Waals surface area contributed by atoms with Crippen LogP contribution >= 0.6 is 0 Å². The van der Waals surface area contributed by atoms with Crippen molar-refractivity contribution in [3.05, 3.63) is 47.7 Å². The molecule has 2 N–H and O–H groups in total. The first-order chi connectivity index (χ1) is 9.60. The van der Waals surface area contributed by atoms with Gasteiger partial charge in [0, 0.05) is 17.8 Å². The fourth-order valence-electron chi connectivity index (χ4n) is 2.02. The number of nitrogens with zero attached hydrogens (tertiary/aromatic N) is 1. The lowest BCUT2D eigenvalue weighted by molar-refractivity contribution is 0.373. The highest BCUT2D eigenvalue weighted by atomic mass is 16.5. The fraction of sp³-hybridized carbons (Fsp3) is 0.312. The Morgan fingerprint density at radius 3 is 2.55 bits per heavy atom. The van der Waals surface area contributed by atoms with Gasteiger partial charge in [0.25, 0.3) is 0 Å². The summed E-state index contributed by atoms with van der Waals surface area (Å²) < 4.78 is 11.1. The van der Waals surface area contributed by atoms with Gasteiger partial charge in [-0.3, -0.25) is 0 Å². The zero-order valence-electron chi connectivity index (χ0n) is 12.1. The molecule has 106 valence electrons. The molecule has 20 heavy (non-hydrogen) atoms. The van der Waals surface area contributed by atoms with Gasteiger partial charge in [-0.25, -0.2) is 4.98 Å². The molecule has 0 saturated heterocycles. The van der Waals surface area contributed by atoms with Crippen LogP contribution in [0.5, 0.6) is 17.4 Å². The number of nitrogens with two attached hydrogens (primary N) is 1. The predicted molar refractivity (Wildman–Crippen MR) is 79.4 cm³/mol. The van der Waals surface area contributed by atoms with Gasteiger partial charge in [-0.2, -0.15) is 0 Å². The standard InChI is InChI=1S/C16H20N2O2/c1-11-8-13(9-12(2)17)10-18-16(11)20-15-7-5-4-6-14(15)19-3/h4-8,10,12H,9,17H2,1-3H3. The fourth-order valence-corrected chi connectivity index (χ4v) is 2.02. The van der Waals surface area contributed by atoms with E-state index in [0.29, 0.717) is 17.4 Å². The molecule has 0 spiro atoms. The molecule has 0 bridgehead atoms. The number of aryl methyl sites for hydroxylation is 1. The Balaban J connectivity index is 2.21. The molecule has 0 amide bonds. The van der Waals surface area contributed by atoms with E-state index >= 15 is 0 Å². The molecule has 1 aromatic carbocycles. The first-order valence-corrected chi connectivity index (χ1v) is 6.62. The van der Waals surface area contributed by atoms with Crippen molar-refractivity contribution in [2.45, 2.75) is 26.3 Å². The van der Waals surface area contributed by atoms with Crippen LogP contribution in [-0.2, 0) is 6.42 Å². The number of rotatable bonds is 5.